The zero-order chi connectivity index (χ0) is 17.5. The van der Waals surface area contributed by atoms with E-state index in [1.54, 1.807) is 17.7 Å². The van der Waals surface area contributed by atoms with Gasteiger partial charge in [0.05, 0.1) is 17.8 Å². The van der Waals surface area contributed by atoms with Crippen molar-refractivity contribution in [3.63, 3.8) is 0 Å². The van der Waals surface area contributed by atoms with Gasteiger partial charge in [-0.15, -0.1) is 11.3 Å². The molecule has 3 N–H and O–H groups in total. The fraction of sp³-hybridized carbons (Fsp3) is 0.0556. The first-order valence-electron chi connectivity index (χ1n) is 7.45. The van der Waals surface area contributed by atoms with Gasteiger partial charge < -0.3 is 10.5 Å². The van der Waals surface area contributed by atoms with Gasteiger partial charge in [0.25, 0.3) is 0 Å². The summed E-state index contributed by atoms with van der Waals surface area (Å²) < 4.78 is 5.73. The number of rotatable bonds is 6. The molecular formula is C18H15N5OS. The molecule has 0 aliphatic heterocycles. The van der Waals surface area contributed by atoms with Crippen molar-refractivity contribution in [3.05, 3.63) is 70.6 Å². The van der Waals surface area contributed by atoms with Gasteiger partial charge in [-0.3, -0.25) is 5.43 Å². The monoisotopic (exact) mass is 349 g/mol. The van der Waals surface area contributed by atoms with Crippen molar-refractivity contribution in [1.29, 1.82) is 5.26 Å². The number of hydrazone groups is 1. The van der Waals surface area contributed by atoms with Gasteiger partial charge in [0.1, 0.15) is 18.2 Å². The highest BCUT2D eigenvalue weighted by atomic mass is 32.1. The molecule has 1 aromatic heterocycles. The van der Waals surface area contributed by atoms with Crippen LogP contribution in [-0.4, -0.2) is 11.2 Å². The highest BCUT2D eigenvalue weighted by molar-refractivity contribution is 7.14. The molecule has 0 atom stereocenters. The second-order valence-corrected chi connectivity index (χ2v) is 5.98. The molecule has 0 saturated heterocycles. The lowest BCUT2D eigenvalue weighted by atomic mass is 10.1. The highest BCUT2D eigenvalue weighted by Crippen LogP contribution is 2.17. The van der Waals surface area contributed by atoms with Crippen LogP contribution in [0, 0.1) is 11.3 Å². The summed E-state index contributed by atoms with van der Waals surface area (Å²) in [7, 11) is 0. The van der Waals surface area contributed by atoms with Gasteiger partial charge in [0.2, 0.25) is 5.13 Å². The second-order valence-electron chi connectivity index (χ2n) is 5.12. The Bertz CT molecular complexity index is 912. The Morgan fingerprint density at radius 2 is 2.12 bits per heavy atom. The molecule has 6 nitrogen and oxygen atoms in total. The first-order chi connectivity index (χ1) is 12.2. The molecule has 3 aromatic rings. The number of hydrogen-bond acceptors (Lipinski definition) is 7. The molecule has 3 rings (SSSR count). The van der Waals surface area contributed by atoms with Crippen LogP contribution >= 0.6 is 11.3 Å². The number of thiazole rings is 1. The Morgan fingerprint density at radius 3 is 2.84 bits per heavy atom. The van der Waals surface area contributed by atoms with Crippen LogP contribution in [0.4, 0.5) is 10.9 Å². The van der Waals surface area contributed by atoms with Crippen molar-refractivity contribution in [2.75, 3.05) is 11.2 Å². The fourth-order valence-electron chi connectivity index (χ4n) is 2.05. The summed E-state index contributed by atoms with van der Waals surface area (Å²) in [6.45, 7) is 0.413. The minimum atomic E-state index is 0.413. The number of anilines is 2. The molecule has 7 heteroatoms. The van der Waals surface area contributed by atoms with Crippen molar-refractivity contribution >= 4 is 28.5 Å². The lowest BCUT2D eigenvalue weighted by Gasteiger charge is -2.06. The maximum absolute atomic E-state index is 8.90. The number of hydrogen-bond donors (Lipinski definition) is 2. The third-order valence-electron chi connectivity index (χ3n) is 3.24. The molecule has 0 radical (unpaired) electrons. The number of nitrogens with two attached hydrogens (primary N) is 1. The molecule has 1 heterocycles. The fourth-order valence-corrected chi connectivity index (χ4v) is 2.60. The number of nitriles is 1. The van der Waals surface area contributed by atoms with Gasteiger partial charge >= 0.3 is 0 Å². The van der Waals surface area contributed by atoms with E-state index in [0.717, 1.165) is 16.9 Å². The number of benzene rings is 2. The van der Waals surface area contributed by atoms with Gasteiger partial charge in [-0.05, 0) is 47.5 Å². The highest BCUT2D eigenvalue weighted by Gasteiger charge is 1.99. The van der Waals surface area contributed by atoms with Gasteiger partial charge in [0.15, 0.2) is 0 Å². The molecule has 0 unspecified atom stereocenters. The molecule has 0 fully saturated rings. The van der Waals surface area contributed by atoms with E-state index in [9.17, 15) is 0 Å². The van der Waals surface area contributed by atoms with E-state index < -0.39 is 0 Å². The Morgan fingerprint density at radius 1 is 1.28 bits per heavy atom. The molecule has 0 bridgehead atoms. The molecule has 0 aliphatic rings. The molecule has 0 amide bonds. The summed E-state index contributed by atoms with van der Waals surface area (Å²) in [4.78, 5) is 4.05. The largest absolute Gasteiger partial charge is 0.489 e. The van der Waals surface area contributed by atoms with Gasteiger partial charge in [-0.2, -0.15) is 10.4 Å². The average Bonchev–Trinajstić information content (AvgIpc) is 3.06. The number of nitrogen functional groups attached to an aromatic ring is 1. The van der Waals surface area contributed by atoms with Crippen LogP contribution in [-0.2, 0) is 6.61 Å². The third-order valence-corrected chi connectivity index (χ3v) is 4.00. The maximum Gasteiger partial charge on any atom is 0.205 e. The van der Waals surface area contributed by atoms with Gasteiger partial charge in [0, 0.05) is 5.38 Å². The minimum absolute atomic E-state index is 0.413. The quantitative estimate of drug-likeness (QED) is 0.523. The van der Waals surface area contributed by atoms with Gasteiger partial charge in [-0.25, -0.2) is 4.98 Å². The molecule has 0 saturated carbocycles. The Balaban J connectivity index is 1.54. The van der Waals surface area contributed by atoms with Crippen molar-refractivity contribution in [2.24, 2.45) is 5.10 Å². The predicted octanol–water partition coefficient (Wildman–Crippen LogP) is 3.62. The first kappa shape index (κ1) is 16.5. The smallest absolute Gasteiger partial charge is 0.205 e. The Labute approximate surface area is 149 Å². The van der Waals surface area contributed by atoms with Crippen molar-refractivity contribution < 1.29 is 4.74 Å². The third kappa shape index (κ3) is 4.80. The van der Waals surface area contributed by atoms with Crippen LogP contribution in [0.15, 0.2) is 59.0 Å². The van der Waals surface area contributed by atoms with Crippen molar-refractivity contribution in [3.8, 4) is 11.8 Å². The summed E-state index contributed by atoms with van der Waals surface area (Å²) in [5.74, 6) is 1.23. The van der Waals surface area contributed by atoms with E-state index >= 15 is 0 Å². The zero-order valence-electron chi connectivity index (χ0n) is 13.2. The molecule has 0 aliphatic carbocycles. The zero-order valence-corrected chi connectivity index (χ0v) is 14.0. The van der Waals surface area contributed by atoms with E-state index in [-0.39, 0.29) is 0 Å². The maximum atomic E-state index is 8.90. The topological polar surface area (TPSA) is 96.3 Å². The summed E-state index contributed by atoms with van der Waals surface area (Å²) in [5.41, 5.74) is 10.9. The lowest BCUT2D eigenvalue weighted by Crippen LogP contribution is -1.96. The Hall–Kier alpha value is -3.37. The SMILES string of the molecule is N#Cc1cccc(COc2ccc(C=NNc3nc(N)cs3)cc2)c1. The number of nitrogens with zero attached hydrogens (tertiary/aromatic N) is 3. The normalized spacial score (nSPS) is 10.5. The van der Waals surface area contributed by atoms with E-state index in [0.29, 0.717) is 23.1 Å². The number of ether oxygens (including phenoxy) is 1. The molecule has 25 heavy (non-hydrogen) atoms. The number of aromatic nitrogens is 1. The molecular weight excluding hydrogens is 334 g/mol. The standard InChI is InChI=1S/C18H15N5OS/c19-9-14-2-1-3-15(8-14)11-24-16-6-4-13(5-7-16)10-21-23-18-22-17(20)12-25-18/h1-8,10,12H,11,20H2,(H,22,23). The van der Waals surface area contributed by atoms with Crippen LogP contribution < -0.4 is 15.9 Å². The van der Waals surface area contributed by atoms with Crippen molar-refractivity contribution in [1.82, 2.24) is 4.98 Å². The summed E-state index contributed by atoms with van der Waals surface area (Å²) >= 11 is 1.39. The first-order valence-corrected chi connectivity index (χ1v) is 8.33. The molecule has 0 spiro atoms. The van der Waals surface area contributed by atoms with Crippen molar-refractivity contribution in [2.45, 2.75) is 6.61 Å². The average molecular weight is 349 g/mol. The molecule has 2 aromatic carbocycles. The van der Waals surface area contributed by atoms with E-state index in [1.807, 2.05) is 42.5 Å². The van der Waals surface area contributed by atoms with Crippen LogP contribution in [0.5, 0.6) is 5.75 Å². The summed E-state index contributed by atoms with van der Waals surface area (Å²) in [6.07, 6.45) is 1.69. The van der Waals surface area contributed by atoms with Crippen LogP contribution in [0.25, 0.3) is 0 Å². The summed E-state index contributed by atoms with van der Waals surface area (Å²) in [5, 5.41) is 15.4. The van der Waals surface area contributed by atoms with E-state index in [1.165, 1.54) is 11.3 Å². The summed E-state index contributed by atoms with van der Waals surface area (Å²) in [6, 6.07) is 17.0. The minimum Gasteiger partial charge on any atom is -0.489 e. The van der Waals surface area contributed by atoms with Crippen LogP contribution in [0.2, 0.25) is 0 Å². The second kappa shape index (κ2) is 7.95. The lowest BCUT2D eigenvalue weighted by molar-refractivity contribution is 0.306. The number of nitrogens with one attached hydrogen (secondary N) is 1. The van der Waals surface area contributed by atoms with E-state index in [4.69, 9.17) is 15.7 Å². The van der Waals surface area contributed by atoms with E-state index in [2.05, 4.69) is 21.6 Å². The van der Waals surface area contributed by atoms with Crippen LogP contribution in [0.3, 0.4) is 0 Å². The van der Waals surface area contributed by atoms with Crippen LogP contribution in [0.1, 0.15) is 16.7 Å². The Kier molecular flexibility index (Phi) is 5.24. The molecule has 124 valence electrons. The predicted molar refractivity (Wildman–Crippen MR) is 99.7 cm³/mol. The van der Waals surface area contributed by atoms with Gasteiger partial charge in [-0.1, -0.05) is 12.1 Å².